The average molecular weight is 248 g/mol. The molecular formula is C12H12N2O4. The van der Waals surface area contributed by atoms with Gasteiger partial charge in [-0.05, 0) is 18.6 Å². The van der Waals surface area contributed by atoms with E-state index in [2.05, 4.69) is 4.98 Å². The fourth-order valence-electron chi connectivity index (χ4n) is 1.92. The van der Waals surface area contributed by atoms with Crippen molar-refractivity contribution in [2.75, 3.05) is 0 Å². The second-order valence-corrected chi connectivity index (χ2v) is 3.87. The molecule has 94 valence electrons. The van der Waals surface area contributed by atoms with Gasteiger partial charge in [-0.3, -0.25) is 4.40 Å². The van der Waals surface area contributed by atoms with Gasteiger partial charge in [-0.25, -0.2) is 14.6 Å². The summed E-state index contributed by atoms with van der Waals surface area (Å²) in [7, 11) is 0. The van der Waals surface area contributed by atoms with Crippen LogP contribution in [0.5, 0.6) is 0 Å². The number of fused-ring (bicyclic) bond motifs is 1. The Hall–Kier alpha value is -2.37. The van der Waals surface area contributed by atoms with Crippen molar-refractivity contribution < 1.29 is 19.8 Å². The summed E-state index contributed by atoms with van der Waals surface area (Å²) < 4.78 is 1.40. The average Bonchev–Trinajstić information content (AvgIpc) is 2.69. The standard InChI is InChI=1S/C12H12N2O4/c1-2-4-9-13-10(12(17)18)7-5-3-6-8(11(15)16)14(7)9/h3,5-6H,2,4H2,1H3,(H,15,16)(H,17,18). The van der Waals surface area contributed by atoms with Gasteiger partial charge in [0.15, 0.2) is 5.69 Å². The van der Waals surface area contributed by atoms with Crippen molar-refractivity contribution in [1.82, 2.24) is 9.38 Å². The number of hydrogen-bond acceptors (Lipinski definition) is 3. The van der Waals surface area contributed by atoms with Crippen molar-refractivity contribution in [2.24, 2.45) is 0 Å². The van der Waals surface area contributed by atoms with Crippen molar-refractivity contribution in [3.05, 3.63) is 35.4 Å². The first kappa shape index (κ1) is 12.1. The van der Waals surface area contributed by atoms with Crippen LogP contribution in [-0.2, 0) is 6.42 Å². The molecule has 0 saturated heterocycles. The van der Waals surface area contributed by atoms with Crippen LogP contribution >= 0.6 is 0 Å². The molecule has 0 aliphatic carbocycles. The zero-order valence-corrected chi connectivity index (χ0v) is 9.75. The van der Waals surface area contributed by atoms with E-state index in [9.17, 15) is 9.59 Å². The Kier molecular flexibility index (Phi) is 3.01. The molecule has 0 saturated carbocycles. The molecule has 0 amide bonds. The van der Waals surface area contributed by atoms with E-state index in [1.54, 1.807) is 6.07 Å². The quantitative estimate of drug-likeness (QED) is 0.858. The maximum Gasteiger partial charge on any atom is 0.356 e. The maximum absolute atomic E-state index is 11.2. The molecule has 0 unspecified atom stereocenters. The van der Waals surface area contributed by atoms with Crippen molar-refractivity contribution >= 4 is 17.5 Å². The normalized spacial score (nSPS) is 10.7. The van der Waals surface area contributed by atoms with Gasteiger partial charge in [0, 0.05) is 6.42 Å². The van der Waals surface area contributed by atoms with E-state index in [4.69, 9.17) is 10.2 Å². The third kappa shape index (κ3) is 1.81. The van der Waals surface area contributed by atoms with Gasteiger partial charge in [0.05, 0.1) is 5.52 Å². The van der Waals surface area contributed by atoms with Gasteiger partial charge < -0.3 is 10.2 Å². The number of hydrogen-bond donors (Lipinski definition) is 2. The van der Waals surface area contributed by atoms with E-state index >= 15 is 0 Å². The van der Waals surface area contributed by atoms with Gasteiger partial charge in [0.25, 0.3) is 0 Å². The number of aromatic nitrogens is 2. The lowest BCUT2D eigenvalue weighted by molar-refractivity contribution is 0.0678. The first-order valence-corrected chi connectivity index (χ1v) is 5.53. The summed E-state index contributed by atoms with van der Waals surface area (Å²) in [5.41, 5.74) is 0.225. The molecule has 2 N–H and O–H groups in total. The lowest BCUT2D eigenvalue weighted by Crippen LogP contribution is -2.07. The number of rotatable bonds is 4. The molecule has 0 radical (unpaired) electrons. The minimum atomic E-state index is -1.16. The number of aromatic carboxylic acids is 2. The lowest BCUT2D eigenvalue weighted by Gasteiger charge is -2.03. The molecule has 0 atom stereocenters. The van der Waals surface area contributed by atoms with Gasteiger partial charge in [-0.1, -0.05) is 13.0 Å². The second-order valence-electron chi connectivity index (χ2n) is 3.87. The predicted molar refractivity (Wildman–Crippen MR) is 63.1 cm³/mol. The molecule has 0 aromatic carbocycles. The largest absolute Gasteiger partial charge is 0.477 e. The monoisotopic (exact) mass is 248 g/mol. The maximum atomic E-state index is 11.2. The smallest absolute Gasteiger partial charge is 0.356 e. The van der Waals surface area contributed by atoms with E-state index in [1.807, 2.05) is 6.92 Å². The van der Waals surface area contributed by atoms with Crippen LogP contribution in [-0.4, -0.2) is 31.5 Å². The fraction of sp³-hybridized carbons (Fsp3) is 0.250. The third-order valence-corrected chi connectivity index (χ3v) is 2.63. The van der Waals surface area contributed by atoms with Gasteiger partial charge in [-0.15, -0.1) is 0 Å². The molecule has 2 rings (SSSR count). The highest BCUT2D eigenvalue weighted by molar-refractivity contribution is 5.95. The summed E-state index contributed by atoms with van der Waals surface area (Å²) in [6.07, 6.45) is 1.28. The molecule has 0 spiro atoms. The zero-order valence-electron chi connectivity index (χ0n) is 9.75. The van der Waals surface area contributed by atoms with E-state index in [0.717, 1.165) is 6.42 Å². The highest BCUT2D eigenvalue weighted by Crippen LogP contribution is 2.17. The Morgan fingerprint density at radius 2 is 2.00 bits per heavy atom. The summed E-state index contributed by atoms with van der Waals surface area (Å²) in [4.78, 5) is 26.3. The third-order valence-electron chi connectivity index (χ3n) is 2.63. The SMILES string of the molecule is CCCc1nc(C(=O)O)c2cccc(C(=O)O)n12. The fourth-order valence-corrected chi connectivity index (χ4v) is 1.92. The van der Waals surface area contributed by atoms with Crippen LogP contribution in [0.3, 0.4) is 0 Å². The van der Waals surface area contributed by atoms with E-state index in [1.165, 1.54) is 16.5 Å². The number of pyridine rings is 1. The number of imidazole rings is 1. The van der Waals surface area contributed by atoms with Crippen LogP contribution in [0, 0.1) is 0 Å². The Bertz CT molecular complexity index is 630. The molecule has 0 aliphatic heterocycles. The molecule has 0 fully saturated rings. The zero-order chi connectivity index (χ0) is 13.3. The number of carboxylic acids is 2. The van der Waals surface area contributed by atoms with Gasteiger partial charge >= 0.3 is 11.9 Å². The van der Waals surface area contributed by atoms with E-state index in [-0.39, 0.29) is 11.4 Å². The first-order chi connectivity index (χ1) is 8.56. The van der Waals surface area contributed by atoms with Crippen molar-refractivity contribution in [2.45, 2.75) is 19.8 Å². The molecule has 18 heavy (non-hydrogen) atoms. The van der Waals surface area contributed by atoms with Crippen LogP contribution in [0.15, 0.2) is 18.2 Å². The topological polar surface area (TPSA) is 91.9 Å². The van der Waals surface area contributed by atoms with E-state index in [0.29, 0.717) is 17.8 Å². The summed E-state index contributed by atoms with van der Waals surface area (Å²) in [5, 5.41) is 18.2. The van der Waals surface area contributed by atoms with Crippen molar-refractivity contribution in [3.63, 3.8) is 0 Å². The van der Waals surface area contributed by atoms with Crippen LogP contribution in [0.1, 0.15) is 40.1 Å². The highest BCUT2D eigenvalue weighted by atomic mass is 16.4. The summed E-state index contributed by atoms with van der Waals surface area (Å²) >= 11 is 0. The minimum Gasteiger partial charge on any atom is -0.477 e. The molecule has 0 bridgehead atoms. The Morgan fingerprint density at radius 3 is 2.56 bits per heavy atom. The predicted octanol–water partition coefficient (Wildman–Crippen LogP) is 1.68. The van der Waals surface area contributed by atoms with Crippen LogP contribution in [0.2, 0.25) is 0 Å². The Morgan fingerprint density at radius 1 is 1.28 bits per heavy atom. The molecular weight excluding hydrogens is 236 g/mol. The molecule has 2 aromatic rings. The molecule has 6 nitrogen and oxygen atoms in total. The summed E-state index contributed by atoms with van der Waals surface area (Å²) in [5.74, 6) is -1.80. The minimum absolute atomic E-state index is 0.0240. The first-order valence-electron chi connectivity index (χ1n) is 5.53. The number of aryl methyl sites for hydroxylation is 1. The van der Waals surface area contributed by atoms with Crippen LogP contribution in [0.4, 0.5) is 0 Å². The van der Waals surface area contributed by atoms with Gasteiger partial charge in [-0.2, -0.15) is 0 Å². The number of nitrogens with zero attached hydrogens (tertiary/aromatic N) is 2. The summed E-state index contributed by atoms with van der Waals surface area (Å²) in [6, 6.07) is 4.51. The van der Waals surface area contributed by atoms with Gasteiger partial charge in [0.2, 0.25) is 0 Å². The number of carbonyl (C=O) groups is 2. The number of carboxylic acid groups (broad SMARTS) is 2. The van der Waals surface area contributed by atoms with Gasteiger partial charge in [0.1, 0.15) is 11.5 Å². The Labute approximate surface area is 103 Å². The molecule has 2 aromatic heterocycles. The second kappa shape index (κ2) is 4.48. The van der Waals surface area contributed by atoms with Crippen LogP contribution in [0.25, 0.3) is 5.52 Å². The van der Waals surface area contributed by atoms with Crippen molar-refractivity contribution in [1.29, 1.82) is 0 Å². The van der Waals surface area contributed by atoms with Crippen molar-refractivity contribution in [3.8, 4) is 0 Å². The summed E-state index contributed by atoms with van der Waals surface area (Å²) in [6.45, 7) is 1.92. The highest BCUT2D eigenvalue weighted by Gasteiger charge is 2.20. The lowest BCUT2D eigenvalue weighted by atomic mass is 10.2. The molecule has 2 heterocycles. The molecule has 6 heteroatoms. The molecule has 0 aliphatic rings. The van der Waals surface area contributed by atoms with E-state index < -0.39 is 11.9 Å². The van der Waals surface area contributed by atoms with Crippen LogP contribution < -0.4 is 0 Å². The Balaban J connectivity index is 2.82.